The zero-order chi connectivity index (χ0) is 22.0. The predicted molar refractivity (Wildman–Crippen MR) is 118 cm³/mol. The van der Waals surface area contributed by atoms with Gasteiger partial charge in [0.05, 0.1) is 17.5 Å². The number of benzene rings is 2. The quantitative estimate of drug-likeness (QED) is 0.444. The molecule has 2 aromatic carbocycles. The van der Waals surface area contributed by atoms with Crippen LogP contribution in [0.25, 0.3) is 11.3 Å². The molecule has 0 atom stereocenters. The number of H-pyrrole nitrogens is 1. The Kier molecular flexibility index (Phi) is 8.96. The van der Waals surface area contributed by atoms with E-state index in [0.717, 1.165) is 12.1 Å². The highest BCUT2D eigenvalue weighted by Crippen LogP contribution is 2.31. The van der Waals surface area contributed by atoms with Crippen molar-refractivity contribution >= 4 is 5.69 Å². The molecule has 6 heteroatoms. The highest BCUT2D eigenvalue weighted by Gasteiger charge is 2.30. The van der Waals surface area contributed by atoms with E-state index in [-0.39, 0.29) is 0 Å². The van der Waals surface area contributed by atoms with Gasteiger partial charge in [-0.15, -0.1) is 0 Å². The Balaban J connectivity index is 0.000000216. The maximum absolute atomic E-state index is 12.5. The van der Waals surface area contributed by atoms with Crippen molar-refractivity contribution in [3.8, 4) is 11.3 Å². The molecule has 0 saturated carbocycles. The van der Waals surface area contributed by atoms with Crippen molar-refractivity contribution in [2.45, 2.75) is 46.2 Å². The minimum atomic E-state index is -4.31. The van der Waals surface area contributed by atoms with Crippen molar-refractivity contribution in [3.05, 3.63) is 72.2 Å². The first-order valence-electron chi connectivity index (χ1n) is 10.3. The second kappa shape index (κ2) is 11.4. The molecule has 0 fully saturated rings. The predicted octanol–water partition coefficient (Wildman–Crippen LogP) is 7.11. The van der Waals surface area contributed by atoms with Crippen LogP contribution in [0.3, 0.4) is 0 Å². The lowest BCUT2D eigenvalue weighted by atomic mass is 10.1. The topological polar surface area (TPSA) is 31.9 Å². The van der Waals surface area contributed by atoms with Gasteiger partial charge < -0.3 is 9.88 Å². The molecule has 0 aliphatic rings. The number of imidazole rings is 1. The molecule has 0 radical (unpaired) electrons. The van der Waals surface area contributed by atoms with Crippen LogP contribution in [-0.2, 0) is 6.18 Å². The fourth-order valence-corrected chi connectivity index (χ4v) is 3.06. The van der Waals surface area contributed by atoms with Gasteiger partial charge in [0, 0.05) is 24.3 Å². The van der Waals surface area contributed by atoms with Gasteiger partial charge >= 0.3 is 6.18 Å². The third kappa shape index (κ3) is 7.25. The molecule has 3 nitrogen and oxygen atoms in total. The summed E-state index contributed by atoms with van der Waals surface area (Å²) in [5, 5.41) is 0. The molecular formula is C24H30F3N3. The average Bonchev–Trinajstić information content (AvgIpc) is 3.18. The number of nitrogens with zero attached hydrogens (tertiary/aromatic N) is 2. The molecule has 30 heavy (non-hydrogen) atoms. The summed E-state index contributed by atoms with van der Waals surface area (Å²) in [6.07, 6.45) is 0.983. The summed E-state index contributed by atoms with van der Waals surface area (Å²) in [4.78, 5) is 9.32. The SMILES string of the molecule is CCCCN(CCC)c1ccccc1.Cc1ncc(-c2cccc(C(F)(F)F)c2)[nH]1. The molecule has 3 rings (SSSR count). The van der Waals surface area contributed by atoms with E-state index in [1.807, 2.05) is 0 Å². The third-order valence-electron chi connectivity index (χ3n) is 4.60. The number of anilines is 1. The number of aryl methyl sites for hydroxylation is 1. The van der Waals surface area contributed by atoms with Crippen molar-refractivity contribution in [3.63, 3.8) is 0 Å². The minimum Gasteiger partial charge on any atom is -0.372 e. The summed E-state index contributed by atoms with van der Waals surface area (Å²) in [6, 6.07) is 15.9. The number of hydrogen-bond acceptors (Lipinski definition) is 2. The Morgan fingerprint density at radius 3 is 2.23 bits per heavy atom. The van der Waals surface area contributed by atoms with Crippen molar-refractivity contribution < 1.29 is 13.2 Å². The summed E-state index contributed by atoms with van der Waals surface area (Å²) in [6.45, 7) is 8.59. The first-order valence-corrected chi connectivity index (χ1v) is 10.3. The second-order valence-corrected chi connectivity index (χ2v) is 7.14. The van der Waals surface area contributed by atoms with Gasteiger partial charge in [-0.2, -0.15) is 13.2 Å². The zero-order valence-electron chi connectivity index (χ0n) is 17.8. The van der Waals surface area contributed by atoms with Crippen LogP contribution < -0.4 is 4.90 Å². The number of aromatic nitrogens is 2. The van der Waals surface area contributed by atoms with E-state index >= 15 is 0 Å². The monoisotopic (exact) mass is 417 g/mol. The fourth-order valence-electron chi connectivity index (χ4n) is 3.06. The summed E-state index contributed by atoms with van der Waals surface area (Å²) < 4.78 is 37.4. The van der Waals surface area contributed by atoms with Crippen LogP contribution in [0.4, 0.5) is 18.9 Å². The van der Waals surface area contributed by atoms with Crippen LogP contribution in [0, 0.1) is 6.92 Å². The van der Waals surface area contributed by atoms with Crippen molar-refractivity contribution in [1.29, 1.82) is 0 Å². The average molecular weight is 418 g/mol. The first kappa shape index (κ1) is 23.5. The molecule has 0 unspecified atom stereocenters. The molecular weight excluding hydrogens is 387 g/mol. The van der Waals surface area contributed by atoms with Crippen LogP contribution in [-0.4, -0.2) is 23.1 Å². The molecule has 0 bridgehead atoms. The highest BCUT2D eigenvalue weighted by molar-refractivity contribution is 5.59. The number of hydrogen-bond donors (Lipinski definition) is 1. The standard InChI is InChI=1S/C13H21N.C11H9F3N2/c1-3-5-12-14(11-4-2)13-9-7-6-8-10-13;1-7-15-6-10(16-7)8-3-2-4-9(5-8)11(12,13)14/h6-10H,3-5,11-12H2,1-2H3;2-6H,1H3,(H,15,16). The van der Waals surface area contributed by atoms with Gasteiger partial charge in [0.2, 0.25) is 0 Å². The summed E-state index contributed by atoms with van der Waals surface area (Å²) in [7, 11) is 0. The van der Waals surface area contributed by atoms with Gasteiger partial charge in [-0.05, 0) is 44.0 Å². The Morgan fingerprint density at radius 1 is 0.933 bits per heavy atom. The van der Waals surface area contributed by atoms with Gasteiger partial charge in [-0.1, -0.05) is 50.6 Å². The van der Waals surface area contributed by atoms with Crippen molar-refractivity contribution in [2.75, 3.05) is 18.0 Å². The van der Waals surface area contributed by atoms with Crippen LogP contribution in [0.2, 0.25) is 0 Å². The lowest BCUT2D eigenvalue weighted by Gasteiger charge is -2.24. The molecule has 0 aliphatic carbocycles. The normalized spacial score (nSPS) is 11.0. The van der Waals surface area contributed by atoms with Crippen LogP contribution in [0.1, 0.15) is 44.5 Å². The number of para-hydroxylation sites is 1. The molecule has 3 aromatic rings. The van der Waals surface area contributed by atoms with E-state index in [1.54, 1.807) is 13.0 Å². The number of nitrogens with one attached hydrogen (secondary N) is 1. The van der Waals surface area contributed by atoms with Crippen LogP contribution >= 0.6 is 0 Å². The van der Waals surface area contributed by atoms with Crippen molar-refractivity contribution in [2.24, 2.45) is 0 Å². The molecule has 0 saturated heterocycles. The van der Waals surface area contributed by atoms with Gasteiger partial charge in [0.15, 0.2) is 0 Å². The van der Waals surface area contributed by atoms with Crippen LogP contribution in [0.5, 0.6) is 0 Å². The van der Waals surface area contributed by atoms with Gasteiger partial charge in [-0.3, -0.25) is 0 Å². The smallest absolute Gasteiger partial charge is 0.372 e. The maximum atomic E-state index is 12.5. The fraction of sp³-hybridized carbons (Fsp3) is 0.375. The van der Waals surface area contributed by atoms with Gasteiger partial charge in [-0.25, -0.2) is 4.98 Å². The minimum absolute atomic E-state index is 0.482. The number of halogens is 3. The number of aromatic amines is 1. The number of rotatable bonds is 7. The highest BCUT2D eigenvalue weighted by atomic mass is 19.4. The molecule has 1 N–H and O–H groups in total. The molecule has 0 spiro atoms. The second-order valence-electron chi connectivity index (χ2n) is 7.14. The molecule has 0 amide bonds. The maximum Gasteiger partial charge on any atom is 0.416 e. The Bertz CT molecular complexity index is 873. The van der Waals surface area contributed by atoms with Crippen LogP contribution in [0.15, 0.2) is 60.8 Å². The summed E-state index contributed by atoms with van der Waals surface area (Å²) in [5.74, 6) is 0.674. The molecule has 1 aromatic heterocycles. The van der Waals surface area contributed by atoms with E-state index in [4.69, 9.17) is 0 Å². The lowest BCUT2D eigenvalue weighted by Crippen LogP contribution is -2.24. The van der Waals surface area contributed by atoms with E-state index in [2.05, 4.69) is 59.0 Å². The van der Waals surface area contributed by atoms with Crippen molar-refractivity contribution in [1.82, 2.24) is 9.97 Å². The molecule has 0 aliphatic heterocycles. The summed E-state index contributed by atoms with van der Waals surface area (Å²) in [5.41, 5.74) is 1.78. The lowest BCUT2D eigenvalue weighted by molar-refractivity contribution is -0.137. The molecule has 162 valence electrons. The Labute approximate surface area is 177 Å². The summed E-state index contributed by atoms with van der Waals surface area (Å²) >= 11 is 0. The Hall–Kier alpha value is -2.76. The Morgan fingerprint density at radius 2 is 1.67 bits per heavy atom. The number of unbranched alkanes of at least 4 members (excludes halogenated alkanes) is 1. The van der Waals surface area contributed by atoms with E-state index < -0.39 is 11.7 Å². The van der Waals surface area contributed by atoms with Gasteiger partial charge in [0.1, 0.15) is 5.82 Å². The first-order chi connectivity index (χ1) is 14.3. The zero-order valence-corrected chi connectivity index (χ0v) is 17.8. The number of alkyl halides is 3. The van der Waals surface area contributed by atoms with Gasteiger partial charge in [0.25, 0.3) is 0 Å². The molecule has 1 heterocycles. The van der Waals surface area contributed by atoms with E-state index in [0.29, 0.717) is 17.1 Å². The van der Waals surface area contributed by atoms with E-state index in [9.17, 15) is 13.2 Å². The largest absolute Gasteiger partial charge is 0.416 e. The van der Waals surface area contributed by atoms with E-state index in [1.165, 1.54) is 50.3 Å². The third-order valence-corrected chi connectivity index (χ3v) is 4.60.